The largest absolute Gasteiger partial charge is 0.355 e. The van der Waals surface area contributed by atoms with Gasteiger partial charge in [-0.05, 0) is 51.0 Å². The first-order valence-corrected chi connectivity index (χ1v) is 12.7. The fourth-order valence-electron chi connectivity index (χ4n) is 4.54. The molecular weight excluding hydrogens is 418 g/mol. The molecule has 192 valence electrons. The Balaban J connectivity index is 2.10. The van der Waals surface area contributed by atoms with Crippen molar-refractivity contribution >= 4 is 17.6 Å². The molecule has 8 nitrogen and oxygen atoms in total. The number of carbonyl (C=O) groups is 3. The van der Waals surface area contributed by atoms with Crippen LogP contribution in [0.1, 0.15) is 66.7 Å². The quantitative estimate of drug-likeness (QED) is 0.317. The molecule has 1 rings (SSSR count). The van der Waals surface area contributed by atoms with Gasteiger partial charge in [-0.1, -0.05) is 27.7 Å². The number of likely N-dealkylation sites (N-methyl/N-ethyl adjacent to an activating group) is 1. The summed E-state index contributed by atoms with van der Waals surface area (Å²) in [4.78, 5) is 40.3. The van der Waals surface area contributed by atoms with E-state index in [2.05, 4.69) is 53.4 Å². The third-order valence-corrected chi connectivity index (χ3v) is 6.16. The van der Waals surface area contributed by atoms with Crippen LogP contribution in [0.5, 0.6) is 0 Å². The van der Waals surface area contributed by atoms with Gasteiger partial charge in [0.15, 0.2) is 0 Å². The van der Waals surface area contributed by atoms with Crippen LogP contribution in [0, 0.1) is 11.3 Å². The lowest BCUT2D eigenvalue weighted by Crippen LogP contribution is -2.50. The first kappa shape index (κ1) is 29.5. The third kappa shape index (κ3) is 14.4. The molecule has 2 atom stereocenters. The highest BCUT2D eigenvalue weighted by Gasteiger charge is 2.20. The number of unbranched alkanes of at least 4 members (excludes halogenated alkanes) is 1. The molecule has 1 aliphatic heterocycles. The van der Waals surface area contributed by atoms with Crippen LogP contribution < -0.4 is 16.0 Å². The van der Waals surface area contributed by atoms with Gasteiger partial charge in [0.1, 0.15) is 5.78 Å². The van der Waals surface area contributed by atoms with Gasteiger partial charge >= 0.3 is 0 Å². The fourth-order valence-corrected chi connectivity index (χ4v) is 4.54. The predicted octanol–water partition coefficient (Wildman–Crippen LogP) is 1.65. The molecule has 0 bridgehead atoms. The molecule has 0 saturated carbocycles. The van der Waals surface area contributed by atoms with Gasteiger partial charge in [-0.2, -0.15) is 0 Å². The number of hydrogen-bond acceptors (Lipinski definition) is 6. The van der Waals surface area contributed by atoms with Crippen molar-refractivity contribution in [3.05, 3.63) is 0 Å². The van der Waals surface area contributed by atoms with Crippen molar-refractivity contribution in [1.82, 2.24) is 25.8 Å². The topological polar surface area (TPSA) is 93.8 Å². The summed E-state index contributed by atoms with van der Waals surface area (Å²) in [5.41, 5.74) is 0.253. The van der Waals surface area contributed by atoms with E-state index in [0.29, 0.717) is 32.0 Å². The summed E-state index contributed by atoms with van der Waals surface area (Å²) in [5, 5.41) is 9.07. The van der Waals surface area contributed by atoms with Gasteiger partial charge in [-0.25, -0.2) is 0 Å². The minimum absolute atomic E-state index is 0.0665. The highest BCUT2D eigenvalue weighted by Crippen LogP contribution is 2.25. The lowest BCUT2D eigenvalue weighted by Gasteiger charge is -2.34. The summed E-state index contributed by atoms with van der Waals surface area (Å²) in [5.74, 6) is 0.765. The van der Waals surface area contributed by atoms with Crippen molar-refractivity contribution in [3.8, 4) is 0 Å². The maximum absolute atomic E-state index is 12.2. The number of nitrogens with one attached hydrogen (secondary N) is 3. The van der Waals surface area contributed by atoms with Gasteiger partial charge in [-0.15, -0.1) is 0 Å². The molecule has 2 amide bonds. The molecule has 1 fully saturated rings. The molecule has 2 unspecified atom stereocenters. The number of Topliss-reactive ketones (excluding diaryl/α,β-unsaturated/α-hetero) is 1. The van der Waals surface area contributed by atoms with Crippen LogP contribution in [0.25, 0.3) is 0 Å². The van der Waals surface area contributed by atoms with E-state index in [1.165, 1.54) is 0 Å². The molecular formula is C25H49N5O3. The maximum atomic E-state index is 12.2. The van der Waals surface area contributed by atoms with Crippen molar-refractivity contribution in [3.63, 3.8) is 0 Å². The van der Waals surface area contributed by atoms with Crippen molar-refractivity contribution in [2.24, 2.45) is 11.3 Å². The van der Waals surface area contributed by atoms with Gasteiger partial charge < -0.3 is 16.0 Å². The van der Waals surface area contributed by atoms with Crippen molar-refractivity contribution < 1.29 is 14.4 Å². The maximum Gasteiger partial charge on any atom is 0.234 e. The smallest absolute Gasteiger partial charge is 0.234 e. The van der Waals surface area contributed by atoms with Crippen LogP contribution >= 0.6 is 0 Å². The molecule has 0 aromatic heterocycles. The van der Waals surface area contributed by atoms with Crippen molar-refractivity contribution in [2.75, 3.05) is 59.4 Å². The number of nitrogens with zero attached hydrogens (tertiary/aromatic N) is 2. The number of rotatable bonds is 15. The molecule has 0 spiro atoms. The summed E-state index contributed by atoms with van der Waals surface area (Å²) < 4.78 is 0. The van der Waals surface area contributed by atoms with Crippen molar-refractivity contribution in [2.45, 2.75) is 72.8 Å². The average Bonchev–Trinajstić information content (AvgIpc) is 2.70. The lowest BCUT2D eigenvalue weighted by atomic mass is 9.84. The molecule has 3 N–H and O–H groups in total. The first-order valence-electron chi connectivity index (χ1n) is 12.7. The molecule has 0 radical (unpaired) electrons. The molecule has 1 heterocycles. The Morgan fingerprint density at radius 3 is 2.09 bits per heavy atom. The number of hydrogen-bond donors (Lipinski definition) is 3. The second-order valence-electron chi connectivity index (χ2n) is 10.8. The zero-order valence-electron chi connectivity index (χ0n) is 22.0. The Hall–Kier alpha value is -1.51. The zero-order chi connectivity index (χ0) is 24.9. The van der Waals surface area contributed by atoms with Crippen LogP contribution in [0.4, 0.5) is 0 Å². The molecule has 0 aliphatic carbocycles. The Labute approximate surface area is 201 Å². The van der Waals surface area contributed by atoms with E-state index in [9.17, 15) is 14.4 Å². The Morgan fingerprint density at radius 2 is 1.52 bits per heavy atom. The number of carbonyl (C=O) groups excluding carboxylic acids is 3. The molecule has 1 aliphatic rings. The molecule has 33 heavy (non-hydrogen) atoms. The normalized spacial score (nSPS) is 17.4. The van der Waals surface area contributed by atoms with E-state index in [1.807, 2.05) is 0 Å². The van der Waals surface area contributed by atoms with Crippen LogP contribution in [-0.2, 0) is 14.4 Å². The van der Waals surface area contributed by atoms with E-state index in [-0.39, 0.29) is 29.1 Å². The van der Waals surface area contributed by atoms with Gasteiger partial charge in [0.05, 0.1) is 12.6 Å². The van der Waals surface area contributed by atoms with Gasteiger partial charge in [0.2, 0.25) is 11.8 Å². The standard InChI is InChI=1S/C25H49N5O3/c1-20(18-25(3,4)5)17-23(32)28-11-12-29-13-15-30(16-14-29)19-24(33)27-10-8-7-9-22(26-6)21(2)31/h20,22,26H,7-19H2,1-6H3,(H,27,33)(H,28,32). The minimum Gasteiger partial charge on any atom is -0.355 e. The summed E-state index contributed by atoms with van der Waals surface area (Å²) in [6.45, 7) is 16.6. The highest BCUT2D eigenvalue weighted by atomic mass is 16.2. The summed E-state index contributed by atoms with van der Waals surface area (Å²) >= 11 is 0. The van der Waals surface area contributed by atoms with Crippen LogP contribution in [0.15, 0.2) is 0 Å². The Bertz CT molecular complexity index is 597. The second-order valence-corrected chi connectivity index (χ2v) is 10.8. The average molecular weight is 468 g/mol. The predicted molar refractivity (Wildman–Crippen MR) is 134 cm³/mol. The van der Waals surface area contributed by atoms with Crippen LogP contribution in [-0.4, -0.2) is 92.8 Å². The first-order chi connectivity index (χ1) is 15.5. The highest BCUT2D eigenvalue weighted by molar-refractivity contribution is 5.81. The zero-order valence-corrected chi connectivity index (χ0v) is 22.0. The Kier molecular flexibility index (Phi) is 13.8. The van der Waals surface area contributed by atoms with E-state index in [1.54, 1.807) is 14.0 Å². The van der Waals surface area contributed by atoms with Gasteiger partial charge in [0, 0.05) is 52.2 Å². The van der Waals surface area contributed by atoms with Crippen molar-refractivity contribution in [1.29, 1.82) is 0 Å². The van der Waals surface area contributed by atoms with Gasteiger partial charge in [0.25, 0.3) is 0 Å². The lowest BCUT2D eigenvalue weighted by molar-refractivity contribution is -0.123. The summed E-state index contributed by atoms with van der Waals surface area (Å²) in [6, 6.07) is -0.0812. The van der Waals surface area contributed by atoms with E-state index >= 15 is 0 Å². The van der Waals surface area contributed by atoms with Gasteiger partial charge in [-0.3, -0.25) is 24.2 Å². The SMILES string of the molecule is CNC(CCCCNC(=O)CN1CCN(CCNC(=O)CC(C)CC(C)(C)C)CC1)C(C)=O. The Morgan fingerprint density at radius 1 is 0.909 bits per heavy atom. The number of amides is 2. The fraction of sp³-hybridized carbons (Fsp3) is 0.880. The number of piperazine rings is 1. The van der Waals surface area contributed by atoms with E-state index < -0.39 is 0 Å². The monoisotopic (exact) mass is 467 g/mol. The van der Waals surface area contributed by atoms with Crippen LogP contribution in [0.2, 0.25) is 0 Å². The van der Waals surface area contributed by atoms with Crippen LogP contribution in [0.3, 0.4) is 0 Å². The summed E-state index contributed by atoms with van der Waals surface area (Å²) in [7, 11) is 1.80. The summed E-state index contributed by atoms with van der Waals surface area (Å²) in [6.07, 6.45) is 4.24. The number of ketones is 1. The molecule has 8 heteroatoms. The van der Waals surface area contributed by atoms with E-state index in [4.69, 9.17) is 0 Å². The third-order valence-electron chi connectivity index (χ3n) is 6.16. The minimum atomic E-state index is -0.0812. The second kappa shape index (κ2) is 15.4. The molecule has 0 aromatic carbocycles. The van der Waals surface area contributed by atoms with E-state index in [0.717, 1.165) is 58.4 Å². The molecule has 0 aromatic rings. The molecule has 1 saturated heterocycles.